The molecule has 0 fully saturated rings. The molecule has 1 aliphatic carbocycles. The first-order chi connectivity index (χ1) is 15.7. The molecule has 0 aromatic carbocycles. The minimum absolute atomic E-state index is 0.0635. The van der Waals surface area contributed by atoms with Gasteiger partial charge in [-0.15, -0.1) is 0 Å². The van der Waals surface area contributed by atoms with Crippen molar-refractivity contribution in [3.8, 4) is 0 Å². The molecule has 1 aliphatic heterocycles. The van der Waals surface area contributed by atoms with Gasteiger partial charge in [-0.1, -0.05) is 12.2 Å². The topological polar surface area (TPSA) is 97.8 Å². The molecule has 34 heavy (non-hydrogen) atoms. The number of pyridine rings is 1. The fourth-order valence-electron chi connectivity index (χ4n) is 4.15. The van der Waals surface area contributed by atoms with Gasteiger partial charge in [0.15, 0.2) is 0 Å². The van der Waals surface area contributed by atoms with E-state index < -0.39 is 46.8 Å². The fraction of sp³-hybridized carbons (Fsp3) is 0.565. The highest BCUT2D eigenvalue weighted by Gasteiger charge is 2.47. The van der Waals surface area contributed by atoms with E-state index >= 15 is 0 Å². The number of alkyl carbamates (subject to hydrolysis) is 1. The lowest BCUT2D eigenvalue weighted by Gasteiger charge is -2.36. The summed E-state index contributed by atoms with van der Waals surface area (Å²) in [4.78, 5) is 43.3. The Morgan fingerprint density at radius 2 is 1.97 bits per heavy atom. The molecule has 2 heterocycles. The molecule has 2 atom stereocenters. The first kappa shape index (κ1) is 25.5. The average Bonchev–Trinajstić information content (AvgIpc) is 3.13. The second-order valence-corrected chi connectivity index (χ2v) is 9.53. The van der Waals surface area contributed by atoms with E-state index in [9.17, 15) is 27.6 Å². The van der Waals surface area contributed by atoms with E-state index in [4.69, 9.17) is 9.47 Å². The number of fused-ring (bicyclic) bond motifs is 1. The van der Waals surface area contributed by atoms with E-state index in [-0.39, 0.29) is 32.4 Å². The van der Waals surface area contributed by atoms with Crippen LogP contribution in [0.25, 0.3) is 0 Å². The number of rotatable bonds is 4. The number of hydrogen-bond acceptors (Lipinski definition) is 6. The molecule has 3 rings (SSSR count). The number of ether oxygens (including phenoxy) is 2. The van der Waals surface area contributed by atoms with Gasteiger partial charge >= 0.3 is 18.2 Å². The number of carbonyl (C=O) groups is 3. The monoisotopic (exact) mass is 483 g/mol. The van der Waals surface area contributed by atoms with E-state index in [1.807, 2.05) is 0 Å². The summed E-state index contributed by atoms with van der Waals surface area (Å²) in [6, 6.07) is 0.436. The number of carbonyl (C=O) groups excluding carboxylic acids is 3. The van der Waals surface area contributed by atoms with Crippen molar-refractivity contribution in [2.24, 2.45) is 5.41 Å². The summed E-state index contributed by atoms with van der Waals surface area (Å²) >= 11 is 0. The van der Waals surface area contributed by atoms with Crippen LogP contribution in [0.1, 0.15) is 50.4 Å². The number of amides is 2. The van der Waals surface area contributed by atoms with Gasteiger partial charge in [-0.05, 0) is 38.8 Å². The highest BCUT2D eigenvalue weighted by atomic mass is 19.4. The number of nitrogens with one attached hydrogen (secondary N) is 1. The number of methoxy groups -OCH3 is 1. The molecule has 2 aliphatic rings. The summed E-state index contributed by atoms with van der Waals surface area (Å²) < 4.78 is 49.4. The Labute approximate surface area is 195 Å². The molecule has 2 amide bonds. The maximum atomic E-state index is 13.6. The maximum absolute atomic E-state index is 13.6. The van der Waals surface area contributed by atoms with Crippen LogP contribution in [-0.4, -0.2) is 53.2 Å². The third kappa shape index (κ3) is 5.87. The Bertz CT molecular complexity index is 1000. The molecule has 0 saturated heterocycles. The zero-order valence-electron chi connectivity index (χ0n) is 19.5. The number of nitrogens with zero attached hydrogens (tertiary/aromatic N) is 2. The van der Waals surface area contributed by atoms with Crippen LogP contribution in [0.2, 0.25) is 0 Å². The van der Waals surface area contributed by atoms with E-state index in [0.717, 1.165) is 12.3 Å². The summed E-state index contributed by atoms with van der Waals surface area (Å²) in [7, 11) is 1.21. The lowest BCUT2D eigenvalue weighted by molar-refractivity contribution is -0.151. The second-order valence-electron chi connectivity index (χ2n) is 9.53. The molecule has 8 nitrogen and oxygen atoms in total. The van der Waals surface area contributed by atoms with Crippen molar-refractivity contribution >= 4 is 18.0 Å². The van der Waals surface area contributed by atoms with Gasteiger partial charge in [0.1, 0.15) is 5.60 Å². The van der Waals surface area contributed by atoms with Crippen LogP contribution in [0, 0.1) is 5.41 Å². The Balaban J connectivity index is 1.80. The number of alkyl halides is 3. The molecule has 1 aromatic heterocycles. The van der Waals surface area contributed by atoms with Gasteiger partial charge < -0.3 is 19.7 Å². The van der Waals surface area contributed by atoms with Crippen molar-refractivity contribution < 1.29 is 37.0 Å². The van der Waals surface area contributed by atoms with Crippen molar-refractivity contribution in [1.82, 2.24) is 15.2 Å². The molecular weight excluding hydrogens is 455 g/mol. The van der Waals surface area contributed by atoms with Gasteiger partial charge in [-0.25, -0.2) is 4.79 Å². The Morgan fingerprint density at radius 3 is 2.59 bits per heavy atom. The van der Waals surface area contributed by atoms with E-state index in [1.165, 1.54) is 12.0 Å². The Morgan fingerprint density at radius 1 is 1.26 bits per heavy atom. The summed E-state index contributed by atoms with van der Waals surface area (Å²) in [6.07, 6.45) is -1.13. The van der Waals surface area contributed by atoms with Crippen LogP contribution in [-0.2, 0) is 38.2 Å². The van der Waals surface area contributed by atoms with E-state index in [2.05, 4.69) is 10.3 Å². The minimum Gasteiger partial charge on any atom is -0.469 e. The van der Waals surface area contributed by atoms with Crippen LogP contribution in [0.5, 0.6) is 0 Å². The SMILES string of the molecule is COC(=O)C[C@]1(C(=O)N2CCc3ncc(C(F)(F)F)cc3C2)C=C[C@@H](NC(=O)OC(C)(C)C)C1. The van der Waals surface area contributed by atoms with Gasteiger partial charge in [-0.3, -0.25) is 14.6 Å². The van der Waals surface area contributed by atoms with Crippen LogP contribution in [0.15, 0.2) is 24.4 Å². The number of esters is 1. The second kappa shape index (κ2) is 9.27. The fourth-order valence-corrected chi connectivity index (χ4v) is 4.15. The lowest BCUT2D eigenvalue weighted by atomic mass is 9.81. The Hall–Kier alpha value is -3.11. The maximum Gasteiger partial charge on any atom is 0.417 e. The standard InChI is InChI=1S/C23H28F3N3O5/c1-21(2,3)34-20(32)28-16-5-7-22(10-16,11-18(30)33-4)19(31)29-8-6-17-14(13-29)9-15(12-27-17)23(24,25)26/h5,7,9,12,16H,6,8,10-11,13H2,1-4H3,(H,28,32)/t16-,22+/m1/s1. The van der Waals surface area contributed by atoms with E-state index in [0.29, 0.717) is 11.3 Å². The molecule has 1 N–H and O–H groups in total. The van der Waals surface area contributed by atoms with Crippen LogP contribution in [0.3, 0.4) is 0 Å². The normalized spacial score (nSPS) is 22.2. The molecule has 0 spiro atoms. The van der Waals surface area contributed by atoms with Crippen molar-refractivity contribution in [2.45, 2.75) is 64.4 Å². The average molecular weight is 483 g/mol. The van der Waals surface area contributed by atoms with Gasteiger partial charge in [0.05, 0.1) is 30.6 Å². The first-order valence-electron chi connectivity index (χ1n) is 10.8. The smallest absolute Gasteiger partial charge is 0.417 e. The summed E-state index contributed by atoms with van der Waals surface area (Å²) in [6.45, 7) is 5.33. The number of halogens is 3. The predicted octanol–water partition coefficient (Wildman–Crippen LogP) is 3.39. The van der Waals surface area contributed by atoms with Crippen molar-refractivity contribution in [3.05, 3.63) is 41.2 Å². The van der Waals surface area contributed by atoms with E-state index in [1.54, 1.807) is 32.9 Å². The minimum atomic E-state index is -4.55. The highest BCUT2D eigenvalue weighted by molar-refractivity contribution is 5.90. The van der Waals surface area contributed by atoms with Gasteiger partial charge in [0, 0.05) is 31.4 Å². The number of hydrogen-bond donors (Lipinski definition) is 1. The number of aromatic nitrogens is 1. The molecule has 0 unspecified atom stereocenters. The summed E-state index contributed by atoms with van der Waals surface area (Å²) in [5.74, 6) is -1.04. The molecule has 0 saturated carbocycles. The van der Waals surface area contributed by atoms with Crippen molar-refractivity contribution in [3.63, 3.8) is 0 Å². The lowest BCUT2D eigenvalue weighted by Crippen LogP contribution is -2.47. The van der Waals surface area contributed by atoms with Crippen LogP contribution in [0.4, 0.5) is 18.0 Å². The largest absolute Gasteiger partial charge is 0.469 e. The summed E-state index contributed by atoms with van der Waals surface area (Å²) in [5.41, 5.74) is -2.08. The third-order valence-corrected chi connectivity index (χ3v) is 5.70. The Kier molecular flexibility index (Phi) is 6.95. The van der Waals surface area contributed by atoms with Gasteiger partial charge in [0.2, 0.25) is 5.91 Å². The van der Waals surface area contributed by atoms with Crippen molar-refractivity contribution in [1.29, 1.82) is 0 Å². The zero-order valence-corrected chi connectivity index (χ0v) is 19.5. The predicted molar refractivity (Wildman–Crippen MR) is 114 cm³/mol. The zero-order chi connectivity index (χ0) is 25.3. The van der Waals surface area contributed by atoms with Crippen LogP contribution < -0.4 is 5.32 Å². The highest BCUT2D eigenvalue weighted by Crippen LogP contribution is 2.40. The van der Waals surface area contributed by atoms with Gasteiger partial charge in [-0.2, -0.15) is 13.2 Å². The molecule has 1 aromatic rings. The molecule has 0 radical (unpaired) electrons. The molecular formula is C23H28F3N3O5. The first-order valence-corrected chi connectivity index (χ1v) is 10.8. The molecule has 186 valence electrons. The van der Waals surface area contributed by atoms with Crippen LogP contribution >= 0.6 is 0 Å². The summed E-state index contributed by atoms with van der Waals surface area (Å²) in [5, 5.41) is 2.67. The van der Waals surface area contributed by atoms with Crippen molar-refractivity contribution in [2.75, 3.05) is 13.7 Å². The quantitative estimate of drug-likeness (QED) is 0.521. The third-order valence-electron chi connectivity index (χ3n) is 5.70. The molecule has 11 heteroatoms. The molecule has 0 bridgehead atoms. The van der Waals surface area contributed by atoms with Gasteiger partial charge in [0.25, 0.3) is 0 Å².